The Morgan fingerprint density at radius 3 is 2.79 bits per heavy atom. The molecule has 4 heteroatoms. The summed E-state index contributed by atoms with van der Waals surface area (Å²) in [7, 11) is 0. The summed E-state index contributed by atoms with van der Waals surface area (Å²) in [5.41, 5.74) is -0.591. The van der Waals surface area contributed by atoms with E-state index in [1.54, 1.807) is 23.1 Å². The topological polar surface area (TPSA) is 0 Å². The first kappa shape index (κ1) is 10.8. The Morgan fingerprint density at radius 2 is 2.14 bits per heavy atom. The minimum Gasteiger partial charge on any atom is -0.234 e. The molecule has 2 heterocycles. The van der Waals surface area contributed by atoms with E-state index in [-0.39, 0.29) is 5.41 Å². The van der Waals surface area contributed by atoms with Crippen LogP contribution < -0.4 is 0 Å². The van der Waals surface area contributed by atoms with Crippen LogP contribution in [-0.2, 0) is 5.41 Å². The van der Waals surface area contributed by atoms with Crippen molar-refractivity contribution in [1.29, 1.82) is 0 Å². The van der Waals surface area contributed by atoms with Gasteiger partial charge in [-0.3, -0.25) is 0 Å². The SMILES string of the molecule is CC(C)(C)c1scc2c1SC(F)CS2. The van der Waals surface area contributed by atoms with Crippen LogP contribution in [0.5, 0.6) is 0 Å². The molecule has 0 amide bonds. The van der Waals surface area contributed by atoms with Crippen molar-refractivity contribution in [3.63, 3.8) is 0 Å². The van der Waals surface area contributed by atoms with Crippen molar-refractivity contribution in [3.8, 4) is 0 Å². The fourth-order valence-electron chi connectivity index (χ4n) is 1.38. The summed E-state index contributed by atoms with van der Waals surface area (Å²) in [4.78, 5) is 3.79. The lowest BCUT2D eigenvalue weighted by atomic mass is 9.95. The summed E-state index contributed by atoms with van der Waals surface area (Å²) in [5.74, 6) is 0.595. The number of hydrogen-bond donors (Lipinski definition) is 0. The minimum absolute atomic E-state index is 0.142. The molecule has 1 aromatic heterocycles. The lowest BCUT2D eigenvalue weighted by Crippen LogP contribution is -2.12. The number of rotatable bonds is 0. The molecule has 0 radical (unpaired) electrons. The first-order valence-corrected chi connectivity index (χ1v) is 7.28. The molecular formula is C10H13FS3. The van der Waals surface area contributed by atoms with E-state index in [1.165, 1.54) is 26.4 Å². The largest absolute Gasteiger partial charge is 0.234 e. The van der Waals surface area contributed by atoms with Gasteiger partial charge in [0.1, 0.15) is 0 Å². The van der Waals surface area contributed by atoms with Gasteiger partial charge in [0.25, 0.3) is 0 Å². The predicted octanol–water partition coefficient (Wildman–Crippen LogP) is 4.54. The van der Waals surface area contributed by atoms with E-state index >= 15 is 0 Å². The highest BCUT2D eigenvalue weighted by molar-refractivity contribution is 8.06. The van der Waals surface area contributed by atoms with Crippen LogP contribution in [0.25, 0.3) is 0 Å². The molecule has 0 bridgehead atoms. The quantitative estimate of drug-likeness (QED) is 0.661. The fraction of sp³-hybridized carbons (Fsp3) is 0.600. The monoisotopic (exact) mass is 248 g/mol. The molecule has 0 fully saturated rings. The fourth-order valence-corrected chi connectivity index (χ4v) is 5.32. The second-order valence-electron chi connectivity index (χ2n) is 4.35. The third kappa shape index (κ3) is 1.97. The van der Waals surface area contributed by atoms with Crippen LogP contribution in [0, 0.1) is 0 Å². The zero-order valence-corrected chi connectivity index (χ0v) is 10.9. The first-order chi connectivity index (χ1) is 6.48. The molecule has 1 atom stereocenters. The molecule has 2 rings (SSSR count). The van der Waals surface area contributed by atoms with Crippen LogP contribution in [0.1, 0.15) is 25.6 Å². The molecule has 0 spiro atoms. The van der Waals surface area contributed by atoms with E-state index in [0.29, 0.717) is 5.75 Å². The summed E-state index contributed by atoms with van der Waals surface area (Å²) in [6.07, 6.45) is 0. The molecule has 0 saturated heterocycles. The van der Waals surface area contributed by atoms with E-state index in [1.807, 2.05) is 0 Å². The smallest absolute Gasteiger partial charge is 0.159 e. The second-order valence-corrected chi connectivity index (χ2v) is 7.44. The van der Waals surface area contributed by atoms with Crippen molar-refractivity contribution in [1.82, 2.24) is 0 Å². The van der Waals surface area contributed by atoms with Crippen LogP contribution in [0.15, 0.2) is 15.2 Å². The number of alkyl halides is 1. The lowest BCUT2D eigenvalue weighted by Gasteiger charge is -2.22. The van der Waals surface area contributed by atoms with Gasteiger partial charge in [-0.15, -0.1) is 23.1 Å². The molecule has 0 saturated carbocycles. The molecule has 0 aromatic carbocycles. The van der Waals surface area contributed by atoms with Crippen molar-refractivity contribution in [2.45, 2.75) is 41.5 Å². The summed E-state index contributed by atoms with van der Waals surface area (Å²) in [5, 5.41) is 2.17. The number of halogens is 1. The van der Waals surface area contributed by atoms with Crippen molar-refractivity contribution in [2.24, 2.45) is 0 Å². The number of fused-ring (bicyclic) bond motifs is 1. The van der Waals surface area contributed by atoms with Gasteiger partial charge in [-0.2, -0.15) is 0 Å². The van der Waals surface area contributed by atoms with Crippen LogP contribution in [-0.4, -0.2) is 11.3 Å². The van der Waals surface area contributed by atoms with Crippen LogP contribution >= 0.6 is 34.9 Å². The number of thioether (sulfide) groups is 2. The number of hydrogen-bond acceptors (Lipinski definition) is 3. The van der Waals surface area contributed by atoms with Gasteiger partial charge in [0.15, 0.2) is 5.50 Å². The van der Waals surface area contributed by atoms with Crippen molar-refractivity contribution in [3.05, 3.63) is 10.3 Å². The third-order valence-electron chi connectivity index (χ3n) is 2.01. The maximum absolute atomic E-state index is 13.3. The molecule has 78 valence electrons. The van der Waals surface area contributed by atoms with Gasteiger partial charge in [0.05, 0.1) is 0 Å². The molecule has 1 aromatic rings. The van der Waals surface area contributed by atoms with Crippen molar-refractivity contribution >= 4 is 34.9 Å². The van der Waals surface area contributed by atoms with Crippen molar-refractivity contribution < 1.29 is 4.39 Å². The zero-order chi connectivity index (χ0) is 10.3. The molecule has 1 aliphatic heterocycles. The summed E-state index contributed by atoms with van der Waals surface area (Å²) in [6, 6.07) is 0. The minimum atomic E-state index is -0.733. The Labute approximate surface area is 96.7 Å². The predicted molar refractivity (Wildman–Crippen MR) is 64.5 cm³/mol. The standard InChI is InChI=1S/C10H13FS3/c1-10(2,3)9-8-6(4-13-9)12-5-7(11)14-8/h4,7H,5H2,1-3H3. The van der Waals surface area contributed by atoms with Gasteiger partial charge in [0.2, 0.25) is 0 Å². The van der Waals surface area contributed by atoms with Gasteiger partial charge >= 0.3 is 0 Å². The highest BCUT2D eigenvalue weighted by Crippen LogP contribution is 2.49. The van der Waals surface area contributed by atoms with Crippen LogP contribution in [0.4, 0.5) is 4.39 Å². The number of thiophene rings is 1. The second kappa shape index (κ2) is 3.72. The average Bonchev–Trinajstić information content (AvgIpc) is 2.45. The Kier molecular flexibility index (Phi) is 2.88. The Bertz CT molecular complexity index is 338. The maximum Gasteiger partial charge on any atom is 0.159 e. The molecule has 0 nitrogen and oxygen atoms in total. The highest BCUT2D eigenvalue weighted by Gasteiger charge is 2.28. The van der Waals surface area contributed by atoms with Gasteiger partial charge in [-0.25, -0.2) is 4.39 Å². The lowest BCUT2D eigenvalue weighted by molar-refractivity contribution is 0.486. The highest BCUT2D eigenvalue weighted by atomic mass is 32.2. The molecule has 0 aliphatic carbocycles. The maximum atomic E-state index is 13.3. The van der Waals surface area contributed by atoms with Gasteiger partial charge in [-0.05, 0) is 5.41 Å². The molecular weight excluding hydrogens is 235 g/mol. The molecule has 1 unspecified atom stereocenters. The summed E-state index contributed by atoms with van der Waals surface area (Å²) in [6.45, 7) is 6.56. The Hall–Kier alpha value is 0.330. The summed E-state index contributed by atoms with van der Waals surface area (Å²) >= 11 is 4.81. The summed E-state index contributed by atoms with van der Waals surface area (Å²) < 4.78 is 13.3. The normalized spacial score (nSPS) is 22.1. The first-order valence-electron chi connectivity index (χ1n) is 4.54. The van der Waals surface area contributed by atoms with E-state index in [9.17, 15) is 4.39 Å². The average molecular weight is 248 g/mol. The van der Waals surface area contributed by atoms with Gasteiger partial charge in [0, 0.05) is 25.8 Å². The van der Waals surface area contributed by atoms with Gasteiger partial charge < -0.3 is 0 Å². The molecule has 1 aliphatic rings. The van der Waals surface area contributed by atoms with Crippen molar-refractivity contribution in [2.75, 3.05) is 5.75 Å². The van der Waals surface area contributed by atoms with Crippen LogP contribution in [0.2, 0.25) is 0 Å². The van der Waals surface area contributed by atoms with Crippen LogP contribution in [0.3, 0.4) is 0 Å². The molecule has 14 heavy (non-hydrogen) atoms. The third-order valence-corrected chi connectivity index (χ3v) is 6.21. The van der Waals surface area contributed by atoms with E-state index in [2.05, 4.69) is 26.2 Å². The Morgan fingerprint density at radius 1 is 1.43 bits per heavy atom. The Balaban J connectivity index is 2.41. The van der Waals surface area contributed by atoms with E-state index in [4.69, 9.17) is 0 Å². The van der Waals surface area contributed by atoms with Gasteiger partial charge in [-0.1, -0.05) is 32.5 Å². The zero-order valence-electron chi connectivity index (χ0n) is 8.46. The van der Waals surface area contributed by atoms with E-state index < -0.39 is 5.50 Å². The molecule has 0 N–H and O–H groups in total. The van der Waals surface area contributed by atoms with E-state index in [0.717, 1.165) is 0 Å².